The summed E-state index contributed by atoms with van der Waals surface area (Å²) in [5.74, 6) is 2.65. The van der Waals surface area contributed by atoms with Gasteiger partial charge in [-0.3, -0.25) is 0 Å². The average molecular weight is 388 g/mol. The molecule has 4 atom stereocenters. The van der Waals surface area contributed by atoms with Crippen molar-refractivity contribution in [2.75, 3.05) is 35.0 Å². The Labute approximate surface area is 165 Å². The lowest BCUT2D eigenvalue weighted by Gasteiger charge is -2.24. The largest absolute Gasteiger partial charge is 0.493 e. The van der Waals surface area contributed by atoms with Crippen LogP contribution in [0.25, 0.3) is 0 Å². The summed E-state index contributed by atoms with van der Waals surface area (Å²) >= 11 is 0. The minimum atomic E-state index is -0.667. The maximum absolute atomic E-state index is 11.0. The molecule has 1 N–H and O–H groups in total. The Morgan fingerprint density at radius 3 is 2.04 bits per heavy atom. The highest BCUT2D eigenvalue weighted by Crippen LogP contribution is 2.45. The zero-order valence-corrected chi connectivity index (χ0v) is 17.0. The van der Waals surface area contributed by atoms with Gasteiger partial charge in [-0.2, -0.15) is 0 Å². The van der Waals surface area contributed by atoms with E-state index in [-0.39, 0.29) is 17.9 Å². The Kier molecular flexibility index (Phi) is 6.31. The number of benzene rings is 2. The molecule has 0 amide bonds. The van der Waals surface area contributed by atoms with Gasteiger partial charge in [-0.15, -0.1) is 0 Å². The molecule has 0 aromatic heterocycles. The summed E-state index contributed by atoms with van der Waals surface area (Å²) in [7, 11) is 6.41. The molecular weight excluding hydrogens is 360 g/mol. The van der Waals surface area contributed by atoms with E-state index >= 15 is 0 Å². The smallest absolute Gasteiger partial charge is 0.161 e. The zero-order chi connectivity index (χ0) is 20.3. The normalized spacial score (nSPS) is 22.6. The molecule has 0 spiro atoms. The minimum Gasteiger partial charge on any atom is -0.493 e. The molecule has 6 nitrogen and oxygen atoms in total. The maximum Gasteiger partial charge on any atom is 0.161 e. The molecule has 0 saturated carbocycles. The van der Waals surface area contributed by atoms with Crippen LogP contribution in [-0.4, -0.2) is 40.2 Å². The summed E-state index contributed by atoms with van der Waals surface area (Å²) in [5, 5.41) is 11.0. The molecule has 0 bridgehead atoms. The highest BCUT2D eigenvalue weighted by atomic mass is 16.5. The van der Waals surface area contributed by atoms with E-state index < -0.39 is 6.10 Å². The standard InChI is InChI=1S/C22H28O6/c1-13-16(21(23)14-6-8-17(24-2)19(10-14)26-4)12-28-22(13)15-7-9-18(25-3)20(11-15)27-5/h6-11,13,16,21-23H,12H2,1-5H3/t13-,16+,21-,22-/m0/s1. The minimum absolute atomic E-state index is 0.0452. The lowest BCUT2D eigenvalue weighted by molar-refractivity contribution is 0.0755. The van der Waals surface area contributed by atoms with Crippen molar-refractivity contribution in [2.45, 2.75) is 19.1 Å². The molecule has 1 fully saturated rings. The predicted octanol–water partition coefficient (Wildman–Crippen LogP) is 3.78. The first-order valence-corrected chi connectivity index (χ1v) is 9.27. The number of methoxy groups -OCH3 is 4. The van der Waals surface area contributed by atoms with Crippen molar-refractivity contribution in [3.05, 3.63) is 47.5 Å². The first kappa shape index (κ1) is 20.3. The SMILES string of the molecule is COc1ccc([C@H]2OC[C@@H]([C@@H](O)c3ccc(OC)c(OC)c3)[C@@H]2C)cc1OC. The van der Waals surface area contributed by atoms with Crippen LogP contribution in [0, 0.1) is 11.8 Å². The fourth-order valence-corrected chi connectivity index (χ4v) is 3.84. The molecule has 3 rings (SSSR count). The number of ether oxygens (including phenoxy) is 5. The van der Waals surface area contributed by atoms with Gasteiger partial charge in [0.25, 0.3) is 0 Å². The summed E-state index contributed by atoms with van der Waals surface area (Å²) < 4.78 is 27.4. The van der Waals surface area contributed by atoms with Gasteiger partial charge in [0.1, 0.15) is 0 Å². The Hall–Kier alpha value is -2.44. The first-order valence-electron chi connectivity index (χ1n) is 9.27. The topological polar surface area (TPSA) is 66.4 Å². The van der Waals surface area contributed by atoms with Crippen LogP contribution in [0.3, 0.4) is 0 Å². The molecule has 1 saturated heterocycles. The molecule has 0 radical (unpaired) electrons. The third kappa shape index (κ3) is 3.75. The molecule has 0 unspecified atom stereocenters. The second-order valence-electron chi connectivity index (χ2n) is 6.95. The molecule has 0 aliphatic carbocycles. The van der Waals surface area contributed by atoms with Gasteiger partial charge in [-0.25, -0.2) is 0 Å². The van der Waals surface area contributed by atoms with Gasteiger partial charge in [-0.05, 0) is 41.3 Å². The van der Waals surface area contributed by atoms with Gasteiger partial charge in [0.15, 0.2) is 23.0 Å². The number of hydrogen-bond acceptors (Lipinski definition) is 6. The van der Waals surface area contributed by atoms with Crippen LogP contribution in [0.15, 0.2) is 36.4 Å². The highest BCUT2D eigenvalue weighted by molar-refractivity contribution is 5.45. The van der Waals surface area contributed by atoms with Gasteiger partial charge >= 0.3 is 0 Å². The third-order valence-corrected chi connectivity index (χ3v) is 5.51. The molecule has 1 aliphatic rings. The van der Waals surface area contributed by atoms with Gasteiger partial charge < -0.3 is 28.8 Å². The number of aliphatic hydroxyl groups excluding tert-OH is 1. The van der Waals surface area contributed by atoms with Gasteiger partial charge in [-0.1, -0.05) is 19.1 Å². The lowest BCUT2D eigenvalue weighted by Crippen LogP contribution is -2.20. The number of hydrogen-bond donors (Lipinski definition) is 1. The molecule has 152 valence electrons. The Morgan fingerprint density at radius 1 is 0.857 bits per heavy atom. The van der Waals surface area contributed by atoms with E-state index in [1.54, 1.807) is 28.4 Å². The van der Waals surface area contributed by atoms with E-state index in [1.807, 2.05) is 36.4 Å². The van der Waals surface area contributed by atoms with E-state index in [9.17, 15) is 5.11 Å². The summed E-state index contributed by atoms with van der Waals surface area (Å²) in [6, 6.07) is 11.3. The van der Waals surface area contributed by atoms with Crippen molar-refractivity contribution < 1.29 is 28.8 Å². The van der Waals surface area contributed by atoms with Crippen LogP contribution in [0.2, 0.25) is 0 Å². The van der Waals surface area contributed by atoms with Crippen LogP contribution >= 0.6 is 0 Å². The molecule has 1 heterocycles. The van der Waals surface area contributed by atoms with Crippen LogP contribution in [0.4, 0.5) is 0 Å². The maximum atomic E-state index is 11.0. The Bertz CT molecular complexity index is 806. The first-order chi connectivity index (χ1) is 13.5. The lowest BCUT2D eigenvalue weighted by atomic mass is 9.83. The summed E-state index contributed by atoms with van der Waals surface area (Å²) in [6.07, 6.45) is -0.792. The van der Waals surface area contributed by atoms with Crippen molar-refractivity contribution in [1.82, 2.24) is 0 Å². The van der Waals surface area contributed by atoms with E-state index in [0.717, 1.165) is 11.1 Å². The molecular formula is C22H28O6. The van der Waals surface area contributed by atoms with Gasteiger partial charge in [0.2, 0.25) is 0 Å². The fraction of sp³-hybridized carbons (Fsp3) is 0.455. The van der Waals surface area contributed by atoms with Crippen molar-refractivity contribution in [3.8, 4) is 23.0 Å². The van der Waals surface area contributed by atoms with Crippen molar-refractivity contribution in [2.24, 2.45) is 11.8 Å². The van der Waals surface area contributed by atoms with Gasteiger partial charge in [0.05, 0.1) is 47.3 Å². The van der Waals surface area contributed by atoms with E-state index in [1.165, 1.54) is 0 Å². The van der Waals surface area contributed by atoms with Crippen molar-refractivity contribution >= 4 is 0 Å². The van der Waals surface area contributed by atoms with Crippen LogP contribution in [0.1, 0.15) is 30.3 Å². The molecule has 2 aromatic rings. The van der Waals surface area contributed by atoms with Crippen LogP contribution in [-0.2, 0) is 4.74 Å². The molecule has 2 aromatic carbocycles. The third-order valence-electron chi connectivity index (χ3n) is 5.51. The zero-order valence-electron chi connectivity index (χ0n) is 17.0. The second-order valence-corrected chi connectivity index (χ2v) is 6.95. The summed E-state index contributed by atoms with van der Waals surface area (Å²) in [4.78, 5) is 0. The van der Waals surface area contributed by atoms with Gasteiger partial charge in [0, 0.05) is 5.92 Å². The van der Waals surface area contributed by atoms with E-state index in [4.69, 9.17) is 23.7 Å². The van der Waals surface area contributed by atoms with Crippen molar-refractivity contribution in [1.29, 1.82) is 0 Å². The second kappa shape index (κ2) is 8.71. The number of rotatable bonds is 7. The Balaban J connectivity index is 1.81. The fourth-order valence-electron chi connectivity index (χ4n) is 3.84. The number of aliphatic hydroxyl groups is 1. The molecule has 28 heavy (non-hydrogen) atoms. The summed E-state index contributed by atoms with van der Waals surface area (Å²) in [5.41, 5.74) is 1.79. The predicted molar refractivity (Wildman–Crippen MR) is 105 cm³/mol. The Morgan fingerprint density at radius 2 is 1.43 bits per heavy atom. The van der Waals surface area contributed by atoms with Crippen LogP contribution < -0.4 is 18.9 Å². The highest BCUT2D eigenvalue weighted by Gasteiger charge is 2.39. The van der Waals surface area contributed by atoms with Crippen molar-refractivity contribution in [3.63, 3.8) is 0 Å². The molecule has 6 heteroatoms. The summed E-state index contributed by atoms with van der Waals surface area (Å²) in [6.45, 7) is 2.57. The average Bonchev–Trinajstić information content (AvgIpc) is 3.13. The monoisotopic (exact) mass is 388 g/mol. The van der Waals surface area contributed by atoms with E-state index in [0.29, 0.717) is 29.6 Å². The molecule has 1 aliphatic heterocycles. The van der Waals surface area contributed by atoms with Crippen LogP contribution in [0.5, 0.6) is 23.0 Å². The van der Waals surface area contributed by atoms with E-state index in [2.05, 4.69) is 6.92 Å². The quantitative estimate of drug-likeness (QED) is 0.779.